The van der Waals surface area contributed by atoms with Crippen molar-refractivity contribution in [1.29, 1.82) is 10.5 Å². The number of amidine groups is 1. The van der Waals surface area contributed by atoms with Gasteiger partial charge in [-0.1, -0.05) is 37.3 Å². The number of nitriles is 2. The first-order valence-corrected chi connectivity index (χ1v) is 6.82. The molecule has 112 valence electrons. The number of aliphatic imine (C=N–C) groups is 1. The minimum Gasteiger partial charge on any atom is -0.386 e. The van der Waals surface area contributed by atoms with E-state index in [1.54, 1.807) is 0 Å². The zero-order chi connectivity index (χ0) is 16.2. The summed E-state index contributed by atoms with van der Waals surface area (Å²) in [7, 11) is 2.80. The second kappa shape index (κ2) is 4.07. The van der Waals surface area contributed by atoms with Crippen LogP contribution < -0.4 is 5.73 Å². The van der Waals surface area contributed by atoms with E-state index in [0.717, 1.165) is 5.56 Å². The second-order valence-corrected chi connectivity index (χ2v) is 5.70. The van der Waals surface area contributed by atoms with Crippen LogP contribution in [0.1, 0.15) is 12.5 Å². The summed E-state index contributed by atoms with van der Waals surface area (Å²) in [5, 5.41) is 19.9. The average molecular weight is 296 g/mol. The van der Waals surface area contributed by atoms with Crippen LogP contribution in [-0.2, 0) is 14.9 Å². The Bertz CT molecular complexity index is 744. The lowest BCUT2D eigenvalue weighted by molar-refractivity contribution is -0.233. The van der Waals surface area contributed by atoms with Crippen molar-refractivity contribution in [3.63, 3.8) is 0 Å². The summed E-state index contributed by atoms with van der Waals surface area (Å²) < 4.78 is 10.9. The maximum atomic E-state index is 9.99. The molecule has 2 N–H and O–H groups in total. The molecule has 0 unspecified atom stereocenters. The summed E-state index contributed by atoms with van der Waals surface area (Å²) >= 11 is 0. The Morgan fingerprint density at radius 1 is 1.09 bits per heavy atom. The molecule has 3 rings (SSSR count). The number of rotatable bonds is 3. The fourth-order valence-electron chi connectivity index (χ4n) is 4.25. The fourth-order valence-corrected chi connectivity index (χ4v) is 4.25. The van der Waals surface area contributed by atoms with Crippen LogP contribution in [0.15, 0.2) is 35.3 Å². The van der Waals surface area contributed by atoms with Crippen LogP contribution in [0.5, 0.6) is 0 Å². The van der Waals surface area contributed by atoms with Gasteiger partial charge in [-0.05, 0) is 5.56 Å². The highest BCUT2D eigenvalue weighted by atomic mass is 16.7. The van der Waals surface area contributed by atoms with E-state index < -0.39 is 22.2 Å². The Morgan fingerprint density at radius 2 is 1.68 bits per heavy atom. The molecule has 1 aliphatic heterocycles. The van der Waals surface area contributed by atoms with Crippen LogP contribution in [0, 0.1) is 33.5 Å². The highest BCUT2D eigenvalue weighted by molar-refractivity contribution is 6.02. The molecule has 3 atom stereocenters. The molecular formula is C16H16N4O2. The fraction of sp³-hybridized carbons (Fsp3) is 0.438. The molecule has 0 bridgehead atoms. The first kappa shape index (κ1) is 14.5. The summed E-state index contributed by atoms with van der Waals surface area (Å²) in [6, 6.07) is 13.8. The van der Waals surface area contributed by atoms with E-state index in [1.165, 1.54) is 14.2 Å². The average Bonchev–Trinajstić information content (AvgIpc) is 2.98. The van der Waals surface area contributed by atoms with Crippen molar-refractivity contribution in [3.05, 3.63) is 35.9 Å². The molecule has 6 nitrogen and oxygen atoms in total. The molecule has 2 aliphatic rings. The Labute approximate surface area is 128 Å². The van der Waals surface area contributed by atoms with Crippen molar-refractivity contribution >= 4 is 5.84 Å². The van der Waals surface area contributed by atoms with E-state index >= 15 is 0 Å². The van der Waals surface area contributed by atoms with Gasteiger partial charge in [-0.15, -0.1) is 0 Å². The van der Waals surface area contributed by atoms with E-state index in [4.69, 9.17) is 15.2 Å². The third kappa shape index (κ3) is 1.03. The molecule has 0 aromatic heterocycles. The number of ether oxygens (including phenoxy) is 2. The summed E-state index contributed by atoms with van der Waals surface area (Å²) in [6.07, 6.45) is 0. The largest absolute Gasteiger partial charge is 0.386 e. The van der Waals surface area contributed by atoms with Crippen LogP contribution in [0.4, 0.5) is 0 Å². The molecule has 0 spiro atoms. The predicted octanol–water partition coefficient (Wildman–Crippen LogP) is 1.30. The molecule has 1 fully saturated rings. The minimum atomic E-state index is -1.59. The zero-order valence-electron chi connectivity index (χ0n) is 12.6. The summed E-state index contributed by atoms with van der Waals surface area (Å²) in [5.41, 5.74) is 3.43. The molecule has 1 saturated carbocycles. The lowest BCUT2D eigenvalue weighted by atomic mass is 9.84. The molecule has 1 heterocycles. The van der Waals surface area contributed by atoms with Gasteiger partial charge in [0.25, 0.3) is 5.91 Å². The van der Waals surface area contributed by atoms with Crippen molar-refractivity contribution in [2.45, 2.75) is 18.2 Å². The van der Waals surface area contributed by atoms with E-state index in [1.807, 2.05) is 37.3 Å². The minimum absolute atomic E-state index is 0.0756. The lowest BCUT2D eigenvalue weighted by Crippen LogP contribution is -2.44. The van der Waals surface area contributed by atoms with Gasteiger partial charge in [-0.2, -0.15) is 10.5 Å². The quantitative estimate of drug-likeness (QED) is 0.846. The number of nitrogens with zero attached hydrogens (tertiary/aromatic N) is 3. The van der Waals surface area contributed by atoms with Gasteiger partial charge >= 0.3 is 0 Å². The number of hydrogen-bond donors (Lipinski definition) is 1. The van der Waals surface area contributed by atoms with Crippen LogP contribution in [-0.4, -0.2) is 26.0 Å². The second-order valence-electron chi connectivity index (χ2n) is 5.70. The lowest BCUT2D eigenvalue weighted by Gasteiger charge is -2.32. The standard InChI is InChI=1S/C16H16N4O2/c1-13(11-7-5-4-6-8-11)14(9-17)12(19)20-16(21-2,22-3)15(13,14)10-18/h4-8H,1-3H3,(H2,19,20)/t13-,14+,15+/m0/s1. The Hall–Kier alpha value is -2.41. The van der Waals surface area contributed by atoms with Crippen molar-refractivity contribution < 1.29 is 9.47 Å². The van der Waals surface area contributed by atoms with Crippen LogP contribution in [0.25, 0.3) is 0 Å². The highest BCUT2D eigenvalue weighted by Crippen LogP contribution is 2.85. The number of fused-ring (bicyclic) bond motifs is 1. The van der Waals surface area contributed by atoms with Crippen molar-refractivity contribution in [1.82, 2.24) is 0 Å². The molecule has 22 heavy (non-hydrogen) atoms. The molecular weight excluding hydrogens is 280 g/mol. The maximum absolute atomic E-state index is 9.99. The number of hydrogen-bond acceptors (Lipinski definition) is 6. The third-order valence-electron chi connectivity index (χ3n) is 5.37. The van der Waals surface area contributed by atoms with Gasteiger partial charge in [-0.25, -0.2) is 4.99 Å². The van der Waals surface area contributed by atoms with Crippen molar-refractivity contribution in [2.24, 2.45) is 21.6 Å². The SMILES string of the molecule is COC1(OC)N=C(N)[C@]2(C#N)[C@](C)(c3ccccc3)[C@@]12C#N. The van der Waals surface area contributed by atoms with Crippen LogP contribution >= 0.6 is 0 Å². The Balaban J connectivity index is 2.36. The third-order valence-corrected chi connectivity index (χ3v) is 5.37. The van der Waals surface area contributed by atoms with Gasteiger partial charge in [0.05, 0.1) is 12.1 Å². The monoisotopic (exact) mass is 296 g/mol. The predicted molar refractivity (Wildman–Crippen MR) is 78.3 cm³/mol. The normalized spacial score (nSPS) is 37.6. The summed E-state index contributed by atoms with van der Waals surface area (Å²) in [6.45, 7) is 1.84. The van der Waals surface area contributed by atoms with E-state index in [-0.39, 0.29) is 5.84 Å². The first-order valence-electron chi connectivity index (χ1n) is 6.82. The maximum Gasteiger partial charge on any atom is 0.293 e. The molecule has 1 aliphatic carbocycles. The van der Waals surface area contributed by atoms with Gasteiger partial charge in [-0.3, -0.25) is 0 Å². The highest BCUT2D eigenvalue weighted by Gasteiger charge is 2.99. The molecule has 1 aromatic carbocycles. The van der Waals surface area contributed by atoms with E-state index in [9.17, 15) is 10.5 Å². The Morgan fingerprint density at radius 3 is 2.14 bits per heavy atom. The van der Waals surface area contributed by atoms with Gasteiger partial charge in [0.2, 0.25) is 0 Å². The smallest absolute Gasteiger partial charge is 0.293 e. The molecule has 0 radical (unpaired) electrons. The number of methoxy groups -OCH3 is 2. The van der Waals surface area contributed by atoms with E-state index in [2.05, 4.69) is 17.1 Å². The van der Waals surface area contributed by atoms with Crippen molar-refractivity contribution in [3.8, 4) is 12.1 Å². The molecule has 1 aromatic rings. The topological polar surface area (TPSA) is 104 Å². The number of nitrogens with two attached hydrogens (primary N) is 1. The zero-order valence-corrected chi connectivity index (χ0v) is 12.6. The van der Waals surface area contributed by atoms with Gasteiger partial charge in [0.15, 0.2) is 10.8 Å². The molecule has 0 saturated heterocycles. The molecule has 0 amide bonds. The van der Waals surface area contributed by atoms with Crippen molar-refractivity contribution in [2.75, 3.05) is 14.2 Å². The Kier molecular flexibility index (Phi) is 2.69. The van der Waals surface area contributed by atoms with Gasteiger partial charge in [0.1, 0.15) is 5.84 Å². The number of benzene rings is 1. The van der Waals surface area contributed by atoms with Crippen LogP contribution in [0.2, 0.25) is 0 Å². The first-order chi connectivity index (χ1) is 10.5. The van der Waals surface area contributed by atoms with Crippen LogP contribution in [0.3, 0.4) is 0 Å². The molecule has 6 heteroatoms. The van der Waals surface area contributed by atoms with E-state index in [0.29, 0.717) is 0 Å². The van der Waals surface area contributed by atoms with Gasteiger partial charge < -0.3 is 15.2 Å². The summed E-state index contributed by atoms with van der Waals surface area (Å²) in [4.78, 5) is 4.20. The van der Waals surface area contributed by atoms with Gasteiger partial charge in [0, 0.05) is 19.6 Å². The summed E-state index contributed by atoms with van der Waals surface area (Å²) in [5.74, 6) is -1.52.